The number of aromatic nitrogens is 1. The molecule has 7 nitrogen and oxygen atoms in total. The van der Waals surface area contributed by atoms with E-state index in [1.807, 2.05) is 19.1 Å². The van der Waals surface area contributed by atoms with Crippen molar-refractivity contribution >= 4 is 33.9 Å². The van der Waals surface area contributed by atoms with Gasteiger partial charge in [0.1, 0.15) is 11.8 Å². The summed E-state index contributed by atoms with van der Waals surface area (Å²) in [5.74, 6) is 2.52. The quantitative estimate of drug-likeness (QED) is 0.400. The zero-order valence-electron chi connectivity index (χ0n) is 21.3. The van der Waals surface area contributed by atoms with Crippen molar-refractivity contribution < 1.29 is 13.6 Å². The lowest BCUT2D eigenvalue weighted by Gasteiger charge is -2.16. The number of pyridine rings is 1. The first kappa shape index (κ1) is 19.4. The molecule has 0 aliphatic carbocycles. The maximum absolute atomic E-state index is 12.6. The Bertz CT molecular complexity index is 1390. The molecule has 1 heterocycles. The van der Waals surface area contributed by atoms with Crippen LogP contribution in [0.5, 0.6) is 5.75 Å². The van der Waals surface area contributed by atoms with Crippen molar-refractivity contribution in [1.82, 2.24) is 9.88 Å². The molecule has 33 heavy (non-hydrogen) atoms. The average molecular weight is 443 g/mol. The highest BCUT2D eigenvalue weighted by Gasteiger charge is 2.15. The summed E-state index contributed by atoms with van der Waals surface area (Å²) in [6.45, 7) is -0.0120. The van der Waals surface area contributed by atoms with Crippen molar-refractivity contribution in [2.75, 3.05) is 37.8 Å². The number of nitrogens with one attached hydrogen (secondary N) is 2. The van der Waals surface area contributed by atoms with E-state index >= 15 is 0 Å². The highest BCUT2D eigenvalue weighted by Crippen LogP contribution is 2.36. The minimum atomic E-state index is -2.25. The van der Waals surface area contributed by atoms with Crippen molar-refractivity contribution in [3.63, 3.8) is 0 Å². The first-order valence-corrected chi connectivity index (χ1v) is 10.2. The van der Waals surface area contributed by atoms with Gasteiger partial charge >= 0.3 is 0 Å². The van der Waals surface area contributed by atoms with E-state index in [1.165, 1.54) is 25.4 Å². The second-order valence-electron chi connectivity index (χ2n) is 7.08. The van der Waals surface area contributed by atoms with E-state index in [0.717, 1.165) is 4.90 Å². The molecule has 7 heteroatoms. The summed E-state index contributed by atoms with van der Waals surface area (Å²) in [6.07, 6.45) is 9.70. The lowest BCUT2D eigenvalue weighted by Crippen LogP contribution is -2.13. The molecule has 2 N–H and O–H groups in total. The molecule has 1 amide bonds. The Labute approximate surface area is 197 Å². The van der Waals surface area contributed by atoms with Gasteiger partial charge in [-0.2, -0.15) is 5.26 Å². The summed E-state index contributed by atoms with van der Waals surface area (Å²) in [5, 5.41) is 16.3. The van der Waals surface area contributed by atoms with E-state index in [1.54, 1.807) is 24.3 Å². The third-order valence-electron chi connectivity index (χ3n) is 4.59. The van der Waals surface area contributed by atoms with E-state index in [0.29, 0.717) is 51.4 Å². The number of hydrogen-bond acceptors (Lipinski definition) is 6. The van der Waals surface area contributed by atoms with Gasteiger partial charge in [0.05, 0.1) is 29.1 Å². The van der Waals surface area contributed by atoms with Gasteiger partial charge in [-0.25, -0.2) is 0 Å². The Morgan fingerprint density at radius 3 is 2.97 bits per heavy atom. The van der Waals surface area contributed by atoms with Crippen LogP contribution in [0.2, 0.25) is 0 Å². The summed E-state index contributed by atoms with van der Waals surface area (Å²) in [6, 6.07) is 12.7. The molecule has 0 aliphatic heterocycles. The average Bonchev–Trinajstić information content (AvgIpc) is 2.84. The minimum Gasteiger partial charge on any atom is -0.492 e. The maximum Gasteiger partial charge on any atom is 0.248 e. The molecule has 0 saturated carbocycles. The number of nitriles is 1. The first-order chi connectivity index (χ1) is 17.2. The van der Waals surface area contributed by atoms with Crippen molar-refractivity contribution in [2.45, 2.75) is 6.92 Å². The largest absolute Gasteiger partial charge is 0.492 e. The first-order valence-electron chi connectivity index (χ1n) is 11.7. The Morgan fingerprint density at radius 1 is 1.39 bits per heavy atom. The van der Waals surface area contributed by atoms with Crippen LogP contribution in [-0.2, 0) is 4.79 Å². The van der Waals surface area contributed by atoms with Crippen molar-refractivity contribution in [2.24, 2.45) is 0 Å². The Balaban J connectivity index is 1.99. The number of likely N-dealkylation sites (N-methyl/N-ethyl adjacent to an activating group) is 1. The number of ether oxygens (including phenoxy) is 1. The summed E-state index contributed by atoms with van der Waals surface area (Å²) in [5.41, 5.74) is 3.11. The van der Waals surface area contributed by atoms with Gasteiger partial charge in [-0.3, -0.25) is 9.78 Å². The third-order valence-corrected chi connectivity index (χ3v) is 4.59. The van der Waals surface area contributed by atoms with E-state index in [9.17, 15) is 10.1 Å². The Morgan fingerprint density at radius 2 is 2.24 bits per heavy atom. The second-order valence-corrected chi connectivity index (χ2v) is 7.08. The van der Waals surface area contributed by atoms with Crippen LogP contribution in [0, 0.1) is 23.7 Å². The van der Waals surface area contributed by atoms with Gasteiger partial charge in [-0.1, -0.05) is 18.1 Å². The fraction of sp³-hybridized carbons (Fsp3) is 0.192. The molecular weight excluding hydrogens is 414 g/mol. The highest BCUT2D eigenvalue weighted by atomic mass is 16.5. The summed E-state index contributed by atoms with van der Waals surface area (Å²) in [4.78, 5) is 18.1. The van der Waals surface area contributed by atoms with Crippen LogP contribution in [-0.4, -0.2) is 43.0 Å². The molecule has 0 atom stereocenters. The number of terminal acetylenes is 1. The topological polar surface area (TPSA) is 90.3 Å². The van der Waals surface area contributed by atoms with Gasteiger partial charge in [0, 0.05) is 45.6 Å². The van der Waals surface area contributed by atoms with Crippen molar-refractivity contribution in [3.8, 4) is 24.2 Å². The number of amides is 1. The molecule has 0 bridgehead atoms. The number of carbonyl (C=O) groups excluding carboxylic acids is 1. The summed E-state index contributed by atoms with van der Waals surface area (Å²) >= 11 is 0. The van der Waals surface area contributed by atoms with Crippen LogP contribution in [0.3, 0.4) is 0 Å². The van der Waals surface area contributed by atoms with Crippen LogP contribution < -0.4 is 15.4 Å². The van der Waals surface area contributed by atoms with Gasteiger partial charge in [0.15, 0.2) is 0 Å². The van der Waals surface area contributed by atoms with Crippen molar-refractivity contribution in [1.29, 1.82) is 5.26 Å². The van der Waals surface area contributed by atoms with E-state index in [4.69, 9.17) is 15.3 Å². The van der Waals surface area contributed by atoms with Gasteiger partial charge in [-0.15, -0.1) is 6.42 Å². The Kier molecular flexibility index (Phi) is 6.34. The minimum absolute atomic E-state index is 0.0696. The lowest BCUT2D eigenvalue weighted by atomic mass is 10.1. The van der Waals surface area contributed by atoms with E-state index in [-0.39, 0.29) is 6.54 Å². The molecule has 0 aliphatic rings. The van der Waals surface area contributed by atoms with Crippen LogP contribution in [0.1, 0.15) is 22.2 Å². The zero-order valence-corrected chi connectivity index (χ0v) is 18.3. The second kappa shape index (κ2) is 10.8. The van der Waals surface area contributed by atoms with Gasteiger partial charge in [0.25, 0.3) is 0 Å². The van der Waals surface area contributed by atoms with Gasteiger partial charge < -0.3 is 20.3 Å². The van der Waals surface area contributed by atoms with Crippen LogP contribution in [0.4, 0.5) is 17.1 Å². The van der Waals surface area contributed by atoms with Gasteiger partial charge in [-0.05, 0) is 45.2 Å². The number of carbonyl (C=O) groups is 1. The number of hydrogen-bond donors (Lipinski definition) is 2. The Hall–Kier alpha value is -4.33. The third kappa shape index (κ3) is 5.88. The van der Waals surface area contributed by atoms with E-state index < -0.39 is 12.9 Å². The SMILES string of the molecule is [2H]C([2H])([2H])N(C)C/C=C/C(=O)Nc1cc2c(Nc3cccc(C#C)c3)c(C#N)cnc2cc1OCC. The molecule has 0 unspecified atom stereocenters. The monoisotopic (exact) mass is 442 g/mol. The highest BCUT2D eigenvalue weighted by molar-refractivity contribution is 6.04. The molecule has 0 radical (unpaired) electrons. The number of nitrogens with zero attached hydrogens (tertiary/aromatic N) is 3. The van der Waals surface area contributed by atoms with Crippen molar-refractivity contribution in [3.05, 3.63) is 65.9 Å². The standard InChI is InChI=1S/C26H25N5O2/c1-5-18-9-7-10-20(13-18)29-26-19(16-27)17-28-22-15-24(33-6-2)23(14-21(22)26)30-25(32)11-8-12-31(3)4/h1,7-11,13-15,17H,6,12H2,2-4H3,(H,28,29)(H,30,32)/b11-8+/i3D3. The fourth-order valence-electron chi connectivity index (χ4n) is 3.14. The predicted octanol–water partition coefficient (Wildman–Crippen LogP) is 4.29. The molecule has 1 aromatic heterocycles. The smallest absolute Gasteiger partial charge is 0.248 e. The normalized spacial score (nSPS) is 12.5. The summed E-state index contributed by atoms with van der Waals surface area (Å²) in [7, 11) is 1.44. The maximum atomic E-state index is 12.6. The van der Waals surface area contributed by atoms with Gasteiger partial charge in [0.2, 0.25) is 5.91 Å². The molecule has 2 aromatic carbocycles. The molecule has 3 aromatic rings. The number of fused-ring (bicyclic) bond motifs is 1. The molecular formula is C26H25N5O2. The number of anilines is 3. The predicted molar refractivity (Wildman–Crippen MR) is 132 cm³/mol. The number of benzene rings is 2. The van der Waals surface area contributed by atoms with Crippen LogP contribution >= 0.6 is 0 Å². The molecule has 166 valence electrons. The molecule has 0 spiro atoms. The zero-order chi connectivity index (χ0) is 26.3. The summed E-state index contributed by atoms with van der Waals surface area (Å²) < 4.78 is 27.8. The number of rotatable bonds is 8. The molecule has 0 saturated heterocycles. The van der Waals surface area contributed by atoms with Crippen LogP contribution in [0.15, 0.2) is 54.7 Å². The van der Waals surface area contributed by atoms with Crippen LogP contribution in [0.25, 0.3) is 10.9 Å². The van der Waals surface area contributed by atoms with E-state index in [2.05, 4.69) is 27.6 Å². The fourth-order valence-corrected chi connectivity index (χ4v) is 3.14. The lowest BCUT2D eigenvalue weighted by molar-refractivity contribution is -0.111. The molecule has 3 rings (SSSR count). The molecule has 0 fully saturated rings.